The van der Waals surface area contributed by atoms with E-state index in [9.17, 15) is 0 Å². The molecule has 0 aromatic rings. The van der Waals surface area contributed by atoms with Gasteiger partial charge in [0.25, 0.3) is 0 Å². The van der Waals surface area contributed by atoms with Crippen LogP contribution in [0.3, 0.4) is 0 Å². The minimum atomic E-state index is -0.319. The van der Waals surface area contributed by atoms with Crippen LogP contribution in [0.4, 0.5) is 0 Å². The third kappa shape index (κ3) is 9.07. The molecule has 2 nitrogen and oxygen atoms in total. The summed E-state index contributed by atoms with van der Waals surface area (Å²) in [5.41, 5.74) is 0. The average molecular weight is 174 g/mol. The minimum absolute atomic E-state index is 0. The molecule has 0 spiro atoms. The molecule has 0 aliphatic carbocycles. The van der Waals surface area contributed by atoms with E-state index < -0.39 is 0 Å². The Hall–Kier alpha value is 1.07. The van der Waals surface area contributed by atoms with E-state index in [-0.39, 0.29) is 40.2 Å². The van der Waals surface area contributed by atoms with Crippen molar-refractivity contribution in [2.75, 3.05) is 7.11 Å². The molecule has 0 aromatic carbocycles. The van der Waals surface area contributed by atoms with Gasteiger partial charge in [-0.15, -0.1) is 0 Å². The Kier molecular flexibility index (Phi) is 10.1. The van der Waals surface area contributed by atoms with E-state index in [1.807, 2.05) is 0 Å². The van der Waals surface area contributed by atoms with Gasteiger partial charge in [-0.2, -0.15) is 0 Å². The predicted octanol–water partition coefficient (Wildman–Crippen LogP) is -2.17. The van der Waals surface area contributed by atoms with Crippen molar-refractivity contribution in [1.82, 2.24) is 0 Å². The number of methoxy groups -OCH3 is 1. The maximum absolute atomic E-state index is 4.72. The number of thiocarbonyl (C=S) groups is 1. The molecule has 0 aromatic heterocycles. The van der Waals surface area contributed by atoms with Crippen molar-refractivity contribution in [3.63, 3.8) is 0 Å². The molecule has 1 atom stereocenters. The van der Waals surface area contributed by atoms with Gasteiger partial charge in [-0.25, -0.2) is 0 Å². The summed E-state index contributed by atoms with van der Waals surface area (Å²) in [4.78, 5) is 0. The SMILES string of the molecule is COC(C)OC(=S)[S-].[Na+]. The molecule has 0 heterocycles. The fourth-order valence-corrected chi connectivity index (χ4v) is 0.455. The second-order valence-corrected chi connectivity index (χ2v) is 2.17. The van der Waals surface area contributed by atoms with Gasteiger partial charge in [-0.05, 0) is 6.92 Å². The molecule has 0 rings (SSSR count). The van der Waals surface area contributed by atoms with E-state index in [1.165, 1.54) is 7.11 Å². The van der Waals surface area contributed by atoms with Crippen molar-refractivity contribution in [2.45, 2.75) is 13.2 Å². The summed E-state index contributed by atoms with van der Waals surface area (Å²) in [6.45, 7) is 1.72. The minimum Gasteiger partial charge on any atom is -0.485 e. The Morgan fingerprint density at radius 2 is 2.11 bits per heavy atom. The van der Waals surface area contributed by atoms with Gasteiger partial charge in [0.1, 0.15) is 0 Å². The molecule has 0 saturated carbocycles. The standard InChI is InChI=1S/C4H8O2S2.Na/c1-3(5-2)6-4(7)8;/h3H,1-2H3,(H,7,8);/q;+1/p-1. The number of rotatable bonds is 2. The van der Waals surface area contributed by atoms with Crippen LogP contribution in [-0.4, -0.2) is 17.8 Å². The zero-order chi connectivity index (χ0) is 6.57. The number of hydrogen-bond acceptors (Lipinski definition) is 4. The van der Waals surface area contributed by atoms with Crippen LogP contribution < -0.4 is 29.6 Å². The summed E-state index contributed by atoms with van der Waals surface area (Å²) in [5.74, 6) is 0. The van der Waals surface area contributed by atoms with Crippen molar-refractivity contribution in [3.05, 3.63) is 0 Å². The van der Waals surface area contributed by atoms with E-state index in [1.54, 1.807) is 6.92 Å². The topological polar surface area (TPSA) is 18.5 Å². The Balaban J connectivity index is 0. The Labute approximate surface area is 88.0 Å². The molecule has 0 bridgehead atoms. The first-order chi connectivity index (χ1) is 3.66. The van der Waals surface area contributed by atoms with Crippen LogP contribution in [0.15, 0.2) is 0 Å². The maximum Gasteiger partial charge on any atom is 1.00 e. The van der Waals surface area contributed by atoms with Crippen LogP contribution in [0.25, 0.3) is 0 Å². The van der Waals surface area contributed by atoms with Crippen molar-refractivity contribution >= 4 is 29.2 Å². The van der Waals surface area contributed by atoms with Crippen molar-refractivity contribution in [3.8, 4) is 0 Å². The van der Waals surface area contributed by atoms with Gasteiger partial charge in [0.2, 0.25) is 0 Å². The van der Waals surface area contributed by atoms with Crippen LogP contribution in [0, 0.1) is 0 Å². The summed E-state index contributed by atoms with van der Waals surface area (Å²) in [6.07, 6.45) is -0.319. The molecule has 5 heteroatoms. The van der Waals surface area contributed by atoms with Gasteiger partial charge < -0.3 is 34.3 Å². The molecule has 48 valence electrons. The van der Waals surface area contributed by atoms with Crippen LogP contribution >= 0.6 is 12.2 Å². The fourth-order valence-electron chi connectivity index (χ4n) is 0.184. The van der Waals surface area contributed by atoms with Gasteiger partial charge in [0.15, 0.2) is 6.29 Å². The zero-order valence-corrected chi connectivity index (χ0v) is 9.34. The number of ether oxygens (including phenoxy) is 2. The van der Waals surface area contributed by atoms with Crippen molar-refractivity contribution in [1.29, 1.82) is 0 Å². The maximum atomic E-state index is 4.72. The largest absolute Gasteiger partial charge is 1.00 e. The first-order valence-electron chi connectivity index (χ1n) is 2.07. The normalized spacial score (nSPS) is 11.3. The van der Waals surface area contributed by atoms with Gasteiger partial charge in [-0.3, -0.25) is 0 Å². The van der Waals surface area contributed by atoms with Gasteiger partial charge in [0, 0.05) is 11.5 Å². The molecular weight excluding hydrogens is 167 g/mol. The van der Waals surface area contributed by atoms with Crippen LogP contribution in [0.1, 0.15) is 6.92 Å². The first kappa shape index (κ1) is 12.7. The van der Waals surface area contributed by atoms with E-state index in [0.29, 0.717) is 0 Å². The molecule has 0 aliphatic rings. The monoisotopic (exact) mass is 174 g/mol. The second-order valence-electron chi connectivity index (χ2n) is 1.17. The number of hydrogen-bond donors (Lipinski definition) is 0. The summed E-state index contributed by atoms with van der Waals surface area (Å²) in [6, 6.07) is 0. The predicted molar refractivity (Wildman–Crippen MR) is 37.5 cm³/mol. The Morgan fingerprint density at radius 3 is 2.22 bits per heavy atom. The Bertz CT molecular complexity index is 88.6. The third-order valence-electron chi connectivity index (χ3n) is 0.594. The smallest absolute Gasteiger partial charge is 0.485 e. The van der Waals surface area contributed by atoms with Crippen LogP contribution in [0.2, 0.25) is 0 Å². The zero-order valence-electron chi connectivity index (χ0n) is 5.71. The van der Waals surface area contributed by atoms with E-state index >= 15 is 0 Å². The summed E-state index contributed by atoms with van der Waals surface area (Å²) >= 11 is 8.90. The summed E-state index contributed by atoms with van der Waals surface area (Å²) in [5, 5.41) is 0. The van der Waals surface area contributed by atoms with Gasteiger partial charge >= 0.3 is 29.6 Å². The van der Waals surface area contributed by atoms with E-state index in [4.69, 9.17) is 4.74 Å². The van der Waals surface area contributed by atoms with Crippen LogP contribution in [-0.2, 0) is 22.1 Å². The first-order valence-corrected chi connectivity index (χ1v) is 2.89. The van der Waals surface area contributed by atoms with Crippen molar-refractivity contribution < 1.29 is 39.0 Å². The second kappa shape index (κ2) is 7.18. The fraction of sp³-hybridized carbons (Fsp3) is 0.750. The molecule has 0 radical (unpaired) electrons. The average Bonchev–Trinajstić information content (AvgIpc) is 1.65. The molecular formula is C4H7NaO2S2. The molecule has 1 unspecified atom stereocenters. The molecule has 0 N–H and O–H groups in total. The molecule has 0 amide bonds. The molecule has 0 saturated heterocycles. The van der Waals surface area contributed by atoms with Gasteiger partial charge in [0.05, 0.1) is 0 Å². The third-order valence-corrected chi connectivity index (χ3v) is 0.787. The van der Waals surface area contributed by atoms with E-state index in [2.05, 4.69) is 29.6 Å². The van der Waals surface area contributed by atoms with Crippen LogP contribution in [0.5, 0.6) is 0 Å². The molecule has 9 heavy (non-hydrogen) atoms. The Morgan fingerprint density at radius 1 is 1.67 bits per heavy atom. The van der Waals surface area contributed by atoms with Gasteiger partial charge in [-0.1, -0.05) is 0 Å². The molecule has 0 fully saturated rings. The quantitative estimate of drug-likeness (QED) is 0.205. The summed E-state index contributed by atoms with van der Waals surface area (Å²) in [7, 11) is 1.53. The van der Waals surface area contributed by atoms with E-state index in [0.717, 1.165) is 0 Å². The molecule has 0 aliphatic heterocycles. The van der Waals surface area contributed by atoms with Crippen molar-refractivity contribution in [2.24, 2.45) is 0 Å². The summed E-state index contributed by atoms with van der Waals surface area (Å²) < 4.78 is 9.50.